The van der Waals surface area contributed by atoms with Crippen molar-refractivity contribution in [3.8, 4) is 0 Å². The molecule has 0 spiro atoms. The Bertz CT molecular complexity index is 291. The number of nitrogens with zero attached hydrogens (tertiary/aromatic N) is 2. The molecule has 1 aromatic rings. The van der Waals surface area contributed by atoms with Gasteiger partial charge in [0.05, 0.1) is 5.02 Å². The number of hydrogen-bond acceptors (Lipinski definition) is 2. The lowest BCUT2D eigenvalue weighted by Crippen LogP contribution is -1.86. The van der Waals surface area contributed by atoms with Crippen LogP contribution in [0.2, 0.25) is 5.02 Å². The minimum absolute atomic E-state index is 0.547. The predicted octanol–water partition coefficient (Wildman–Crippen LogP) is 1.29. The van der Waals surface area contributed by atoms with Crippen LogP contribution in [-0.4, -0.2) is 16.1 Å². The summed E-state index contributed by atoms with van der Waals surface area (Å²) in [5, 5.41) is 4.53. The average molecular weight is 171 g/mol. The smallest absolute Gasteiger partial charge is 0.142 e. The van der Waals surface area contributed by atoms with Gasteiger partial charge in [0.15, 0.2) is 0 Å². The lowest BCUT2D eigenvalue weighted by molar-refractivity contribution is -0.104. The Morgan fingerprint density at radius 3 is 2.91 bits per heavy atom. The van der Waals surface area contributed by atoms with Crippen molar-refractivity contribution in [3.63, 3.8) is 0 Å². The molecule has 0 amide bonds. The van der Waals surface area contributed by atoms with Crippen LogP contribution in [0.5, 0.6) is 0 Å². The number of aromatic nitrogens is 2. The summed E-state index contributed by atoms with van der Waals surface area (Å²) in [5.41, 5.74) is 0.612. The second-order valence-electron chi connectivity index (χ2n) is 2.03. The molecule has 0 fully saturated rings. The van der Waals surface area contributed by atoms with Crippen LogP contribution in [-0.2, 0) is 11.8 Å². The third-order valence-corrected chi connectivity index (χ3v) is 1.43. The van der Waals surface area contributed by atoms with E-state index < -0.39 is 0 Å². The first kappa shape index (κ1) is 8.01. The highest BCUT2D eigenvalue weighted by molar-refractivity contribution is 6.31. The molecule has 0 unspecified atom stereocenters. The first-order valence-corrected chi connectivity index (χ1v) is 3.43. The van der Waals surface area contributed by atoms with Crippen molar-refractivity contribution in [1.29, 1.82) is 0 Å². The van der Waals surface area contributed by atoms with E-state index in [-0.39, 0.29) is 0 Å². The molecule has 4 heteroatoms. The topological polar surface area (TPSA) is 34.9 Å². The zero-order valence-corrected chi connectivity index (χ0v) is 6.75. The lowest BCUT2D eigenvalue weighted by atomic mass is 10.4. The fourth-order valence-electron chi connectivity index (χ4n) is 0.720. The van der Waals surface area contributed by atoms with Gasteiger partial charge in [-0.05, 0) is 12.2 Å². The molecule has 0 aliphatic rings. The Morgan fingerprint density at radius 2 is 2.45 bits per heavy atom. The Hall–Kier alpha value is -1.09. The monoisotopic (exact) mass is 170 g/mol. The first-order chi connectivity index (χ1) is 5.24. The molecular weight excluding hydrogens is 164 g/mol. The summed E-state index contributed by atoms with van der Waals surface area (Å²) >= 11 is 5.73. The second kappa shape index (κ2) is 3.34. The van der Waals surface area contributed by atoms with E-state index in [9.17, 15) is 4.79 Å². The summed E-state index contributed by atoms with van der Waals surface area (Å²) in [4.78, 5) is 9.93. The largest absolute Gasteiger partial charge is 0.299 e. The van der Waals surface area contributed by atoms with E-state index in [1.54, 1.807) is 24.0 Å². The van der Waals surface area contributed by atoms with Crippen molar-refractivity contribution in [1.82, 2.24) is 9.78 Å². The molecule has 1 aromatic heterocycles. The standard InChI is InChI=1S/C7H7ClN2O/c1-10-5-6(8)7(9-10)3-2-4-11/h2-5H,1H3. The molecule has 0 aliphatic heterocycles. The van der Waals surface area contributed by atoms with E-state index in [4.69, 9.17) is 11.6 Å². The number of allylic oxidation sites excluding steroid dienone is 1. The summed E-state index contributed by atoms with van der Waals surface area (Å²) < 4.78 is 1.59. The molecule has 0 atom stereocenters. The van der Waals surface area contributed by atoms with Crippen LogP contribution in [0.3, 0.4) is 0 Å². The summed E-state index contributed by atoms with van der Waals surface area (Å²) in [6, 6.07) is 0. The van der Waals surface area contributed by atoms with E-state index in [2.05, 4.69) is 5.10 Å². The van der Waals surface area contributed by atoms with Crippen molar-refractivity contribution in [2.45, 2.75) is 0 Å². The van der Waals surface area contributed by atoms with Crippen molar-refractivity contribution in [2.24, 2.45) is 7.05 Å². The third kappa shape index (κ3) is 1.91. The minimum Gasteiger partial charge on any atom is -0.299 e. The molecule has 0 radical (unpaired) electrons. The van der Waals surface area contributed by atoms with Crippen LogP contribution in [0.25, 0.3) is 6.08 Å². The van der Waals surface area contributed by atoms with Crippen molar-refractivity contribution in [3.05, 3.63) is 23.0 Å². The number of halogens is 1. The van der Waals surface area contributed by atoms with E-state index in [1.165, 1.54) is 6.08 Å². The van der Waals surface area contributed by atoms with Gasteiger partial charge in [0.2, 0.25) is 0 Å². The number of hydrogen-bond donors (Lipinski definition) is 0. The fraction of sp³-hybridized carbons (Fsp3) is 0.143. The van der Waals surface area contributed by atoms with E-state index in [1.807, 2.05) is 0 Å². The molecule has 0 bridgehead atoms. The molecule has 1 heterocycles. The van der Waals surface area contributed by atoms with Crippen molar-refractivity contribution < 1.29 is 4.79 Å². The molecular formula is C7H7ClN2O. The lowest BCUT2D eigenvalue weighted by Gasteiger charge is -1.82. The van der Waals surface area contributed by atoms with E-state index >= 15 is 0 Å². The van der Waals surface area contributed by atoms with Gasteiger partial charge in [0.1, 0.15) is 12.0 Å². The van der Waals surface area contributed by atoms with Crippen LogP contribution in [0.4, 0.5) is 0 Å². The highest BCUT2D eigenvalue weighted by Gasteiger charge is 1.99. The maximum atomic E-state index is 9.93. The van der Waals surface area contributed by atoms with Crippen LogP contribution < -0.4 is 0 Å². The Kier molecular flexibility index (Phi) is 2.44. The molecule has 3 nitrogen and oxygen atoms in total. The van der Waals surface area contributed by atoms with Crippen LogP contribution in [0.1, 0.15) is 5.69 Å². The van der Waals surface area contributed by atoms with Gasteiger partial charge in [-0.1, -0.05) is 11.6 Å². The number of carbonyl (C=O) groups is 1. The second-order valence-corrected chi connectivity index (χ2v) is 2.44. The van der Waals surface area contributed by atoms with Gasteiger partial charge < -0.3 is 0 Å². The summed E-state index contributed by atoms with van der Waals surface area (Å²) in [6.45, 7) is 0. The summed E-state index contributed by atoms with van der Waals surface area (Å²) in [7, 11) is 1.77. The molecule has 0 saturated carbocycles. The molecule has 1 rings (SSSR count). The maximum absolute atomic E-state index is 9.93. The third-order valence-electron chi connectivity index (χ3n) is 1.14. The van der Waals surface area contributed by atoms with Crippen LogP contribution in [0, 0.1) is 0 Å². The molecule has 11 heavy (non-hydrogen) atoms. The molecule has 0 aromatic carbocycles. The van der Waals surface area contributed by atoms with Gasteiger partial charge in [-0.25, -0.2) is 0 Å². The molecule has 0 aliphatic carbocycles. The average Bonchev–Trinajstić information content (AvgIpc) is 2.26. The minimum atomic E-state index is 0.547. The molecule has 0 saturated heterocycles. The fourth-order valence-corrected chi connectivity index (χ4v) is 0.962. The van der Waals surface area contributed by atoms with Gasteiger partial charge in [-0.2, -0.15) is 5.10 Å². The summed E-state index contributed by atoms with van der Waals surface area (Å²) in [5.74, 6) is 0. The van der Waals surface area contributed by atoms with Crippen molar-refractivity contribution >= 4 is 24.0 Å². The molecule has 0 N–H and O–H groups in total. The van der Waals surface area contributed by atoms with Gasteiger partial charge in [0, 0.05) is 13.2 Å². The summed E-state index contributed by atoms with van der Waals surface area (Å²) in [6.07, 6.45) is 5.28. The SMILES string of the molecule is Cn1cc(Cl)c(C=CC=O)n1. The number of rotatable bonds is 2. The zero-order valence-electron chi connectivity index (χ0n) is 5.99. The number of carbonyl (C=O) groups excluding carboxylic acids is 1. The number of aryl methyl sites for hydroxylation is 1. The predicted molar refractivity (Wildman–Crippen MR) is 43.3 cm³/mol. The maximum Gasteiger partial charge on any atom is 0.142 e. The van der Waals surface area contributed by atoms with Gasteiger partial charge in [0.25, 0.3) is 0 Å². The molecule has 58 valence electrons. The van der Waals surface area contributed by atoms with Gasteiger partial charge >= 0.3 is 0 Å². The highest BCUT2D eigenvalue weighted by Crippen LogP contribution is 2.13. The zero-order chi connectivity index (χ0) is 8.27. The quantitative estimate of drug-likeness (QED) is 0.495. The van der Waals surface area contributed by atoms with E-state index in [0.29, 0.717) is 17.0 Å². The van der Waals surface area contributed by atoms with Crippen LogP contribution in [0.15, 0.2) is 12.3 Å². The Balaban J connectivity index is 2.93. The first-order valence-electron chi connectivity index (χ1n) is 3.05. The van der Waals surface area contributed by atoms with Crippen LogP contribution >= 0.6 is 11.6 Å². The normalized spacial score (nSPS) is 10.7. The van der Waals surface area contributed by atoms with Gasteiger partial charge in [-0.3, -0.25) is 9.48 Å². The number of aldehydes is 1. The Morgan fingerprint density at radius 1 is 1.73 bits per heavy atom. The van der Waals surface area contributed by atoms with E-state index in [0.717, 1.165) is 0 Å². The van der Waals surface area contributed by atoms with Crippen molar-refractivity contribution in [2.75, 3.05) is 0 Å². The van der Waals surface area contributed by atoms with Gasteiger partial charge in [-0.15, -0.1) is 0 Å². The Labute approximate surface area is 69.3 Å². The highest BCUT2D eigenvalue weighted by atomic mass is 35.5.